The van der Waals surface area contributed by atoms with Crippen LogP contribution in [0.1, 0.15) is 5.56 Å². The van der Waals surface area contributed by atoms with Crippen molar-refractivity contribution in [1.29, 1.82) is 0 Å². The standard InChI is InChI=1S/C12H10Cl2N2/c13-8-9-2-1-7-15-12(9)16-11-5-3-10(14)4-6-11/h1-7H,8H2,(H,15,16). The Kier molecular flexibility index (Phi) is 3.65. The van der Waals surface area contributed by atoms with E-state index in [2.05, 4.69) is 10.3 Å². The maximum absolute atomic E-state index is 5.82. The van der Waals surface area contributed by atoms with Crippen molar-refractivity contribution < 1.29 is 0 Å². The molecule has 1 aromatic carbocycles. The van der Waals surface area contributed by atoms with Crippen LogP contribution in [0.25, 0.3) is 0 Å². The fraction of sp³-hybridized carbons (Fsp3) is 0.0833. The number of hydrogen-bond acceptors (Lipinski definition) is 2. The van der Waals surface area contributed by atoms with Gasteiger partial charge in [-0.3, -0.25) is 0 Å². The van der Waals surface area contributed by atoms with Crippen LogP contribution in [0, 0.1) is 0 Å². The number of anilines is 2. The Morgan fingerprint density at radius 1 is 1.12 bits per heavy atom. The number of alkyl halides is 1. The second kappa shape index (κ2) is 5.19. The first-order valence-corrected chi connectivity index (χ1v) is 5.73. The van der Waals surface area contributed by atoms with Gasteiger partial charge in [-0.2, -0.15) is 0 Å². The Labute approximate surface area is 104 Å². The Hall–Kier alpha value is -1.25. The number of nitrogens with zero attached hydrogens (tertiary/aromatic N) is 1. The zero-order valence-electron chi connectivity index (χ0n) is 8.45. The summed E-state index contributed by atoms with van der Waals surface area (Å²) >= 11 is 11.6. The lowest BCUT2D eigenvalue weighted by atomic mass is 10.2. The van der Waals surface area contributed by atoms with Crippen LogP contribution in [0.15, 0.2) is 42.6 Å². The van der Waals surface area contributed by atoms with E-state index in [0.717, 1.165) is 17.1 Å². The van der Waals surface area contributed by atoms with Crippen LogP contribution in [0.2, 0.25) is 5.02 Å². The smallest absolute Gasteiger partial charge is 0.134 e. The number of hydrogen-bond donors (Lipinski definition) is 1. The molecule has 1 heterocycles. The predicted molar refractivity (Wildman–Crippen MR) is 68.5 cm³/mol. The number of aromatic nitrogens is 1. The molecule has 1 N–H and O–H groups in total. The highest BCUT2D eigenvalue weighted by Gasteiger charge is 2.01. The molecule has 0 bridgehead atoms. The summed E-state index contributed by atoms with van der Waals surface area (Å²) in [5, 5.41) is 3.91. The van der Waals surface area contributed by atoms with Gasteiger partial charge in [-0.15, -0.1) is 11.6 Å². The van der Waals surface area contributed by atoms with E-state index in [0.29, 0.717) is 10.9 Å². The average Bonchev–Trinajstić information content (AvgIpc) is 2.33. The zero-order valence-corrected chi connectivity index (χ0v) is 9.96. The molecule has 1 aromatic heterocycles. The summed E-state index contributed by atoms with van der Waals surface area (Å²) in [4.78, 5) is 4.24. The van der Waals surface area contributed by atoms with Gasteiger partial charge in [0.15, 0.2) is 0 Å². The van der Waals surface area contributed by atoms with Crippen LogP contribution in [-0.2, 0) is 5.88 Å². The molecule has 4 heteroatoms. The average molecular weight is 253 g/mol. The molecule has 0 saturated heterocycles. The molecular formula is C12H10Cl2N2. The highest BCUT2D eigenvalue weighted by Crippen LogP contribution is 2.21. The molecule has 0 radical (unpaired) electrons. The van der Waals surface area contributed by atoms with Crippen LogP contribution in [0.4, 0.5) is 11.5 Å². The van der Waals surface area contributed by atoms with Crippen molar-refractivity contribution in [3.63, 3.8) is 0 Å². The van der Waals surface area contributed by atoms with Gasteiger partial charge in [0.1, 0.15) is 5.82 Å². The monoisotopic (exact) mass is 252 g/mol. The molecule has 16 heavy (non-hydrogen) atoms. The molecule has 0 unspecified atom stereocenters. The van der Waals surface area contributed by atoms with Gasteiger partial charge in [0.2, 0.25) is 0 Å². The summed E-state index contributed by atoms with van der Waals surface area (Å²) in [6, 6.07) is 11.3. The third-order valence-electron chi connectivity index (χ3n) is 2.14. The van der Waals surface area contributed by atoms with E-state index >= 15 is 0 Å². The minimum atomic E-state index is 0.434. The third-order valence-corrected chi connectivity index (χ3v) is 2.68. The normalized spacial score (nSPS) is 10.1. The molecule has 0 aliphatic rings. The molecule has 0 aliphatic carbocycles. The first-order valence-electron chi connectivity index (χ1n) is 4.82. The minimum absolute atomic E-state index is 0.434. The van der Waals surface area contributed by atoms with E-state index < -0.39 is 0 Å². The topological polar surface area (TPSA) is 24.9 Å². The molecule has 0 aliphatic heterocycles. The molecule has 0 amide bonds. The minimum Gasteiger partial charge on any atom is -0.340 e. The highest BCUT2D eigenvalue weighted by atomic mass is 35.5. The summed E-state index contributed by atoms with van der Waals surface area (Å²) in [5.41, 5.74) is 1.91. The summed E-state index contributed by atoms with van der Waals surface area (Å²) in [6.07, 6.45) is 1.73. The lowest BCUT2D eigenvalue weighted by molar-refractivity contribution is 1.24. The van der Waals surface area contributed by atoms with Gasteiger partial charge in [0.05, 0.1) is 5.88 Å². The van der Waals surface area contributed by atoms with Crippen LogP contribution < -0.4 is 5.32 Å². The van der Waals surface area contributed by atoms with Gasteiger partial charge >= 0.3 is 0 Å². The fourth-order valence-corrected chi connectivity index (χ4v) is 1.67. The van der Waals surface area contributed by atoms with E-state index in [4.69, 9.17) is 23.2 Å². The van der Waals surface area contributed by atoms with Crippen LogP contribution in [-0.4, -0.2) is 4.98 Å². The number of pyridine rings is 1. The second-order valence-corrected chi connectivity index (χ2v) is 3.98. The van der Waals surface area contributed by atoms with Crippen molar-refractivity contribution in [2.45, 2.75) is 5.88 Å². The molecule has 2 nitrogen and oxygen atoms in total. The largest absolute Gasteiger partial charge is 0.340 e. The SMILES string of the molecule is ClCc1cccnc1Nc1ccc(Cl)cc1. The van der Waals surface area contributed by atoms with E-state index in [-0.39, 0.29) is 0 Å². The number of benzene rings is 1. The van der Waals surface area contributed by atoms with Crippen LogP contribution in [0.5, 0.6) is 0 Å². The Morgan fingerprint density at radius 2 is 1.88 bits per heavy atom. The van der Waals surface area contributed by atoms with Crippen molar-refractivity contribution in [3.05, 3.63) is 53.2 Å². The summed E-state index contributed by atoms with van der Waals surface area (Å²) < 4.78 is 0. The van der Waals surface area contributed by atoms with Crippen molar-refractivity contribution in [3.8, 4) is 0 Å². The van der Waals surface area contributed by atoms with Crippen molar-refractivity contribution in [1.82, 2.24) is 4.98 Å². The quantitative estimate of drug-likeness (QED) is 0.828. The molecule has 0 spiro atoms. The van der Waals surface area contributed by atoms with Crippen molar-refractivity contribution >= 4 is 34.7 Å². The van der Waals surface area contributed by atoms with Gasteiger partial charge in [-0.25, -0.2) is 4.98 Å². The van der Waals surface area contributed by atoms with Crippen LogP contribution in [0.3, 0.4) is 0 Å². The Bertz CT molecular complexity index is 469. The van der Waals surface area contributed by atoms with E-state index in [9.17, 15) is 0 Å². The van der Waals surface area contributed by atoms with Crippen molar-refractivity contribution in [2.75, 3.05) is 5.32 Å². The lowest BCUT2D eigenvalue weighted by Crippen LogP contribution is -1.96. The van der Waals surface area contributed by atoms with Gasteiger partial charge in [0.25, 0.3) is 0 Å². The van der Waals surface area contributed by atoms with Gasteiger partial charge in [0, 0.05) is 22.5 Å². The fourth-order valence-electron chi connectivity index (χ4n) is 1.33. The lowest BCUT2D eigenvalue weighted by Gasteiger charge is -2.08. The van der Waals surface area contributed by atoms with E-state index in [1.165, 1.54) is 0 Å². The summed E-state index contributed by atoms with van der Waals surface area (Å²) in [5.74, 6) is 1.21. The van der Waals surface area contributed by atoms with Gasteiger partial charge < -0.3 is 5.32 Å². The first kappa shape index (κ1) is 11.2. The predicted octanol–water partition coefficient (Wildman–Crippen LogP) is 4.22. The third kappa shape index (κ3) is 2.65. The molecule has 2 rings (SSSR count). The number of nitrogens with one attached hydrogen (secondary N) is 1. The maximum Gasteiger partial charge on any atom is 0.134 e. The molecular weight excluding hydrogens is 243 g/mol. The molecule has 82 valence electrons. The van der Waals surface area contributed by atoms with Crippen molar-refractivity contribution in [2.24, 2.45) is 0 Å². The highest BCUT2D eigenvalue weighted by molar-refractivity contribution is 6.30. The number of rotatable bonds is 3. The summed E-state index contributed by atoms with van der Waals surface area (Å²) in [7, 11) is 0. The van der Waals surface area contributed by atoms with E-state index in [1.54, 1.807) is 6.20 Å². The first-order chi connectivity index (χ1) is 7.79. The molecule has 0 saturated carbocycles. The maximum atomic E-state index is 5.82. The second-order valence-electron chi connectivity index (χ2n) is 3.28. The Morgan fingerprint density at radius 3 is 2.56 bits per heavy atom. The van der Waals surface area contributed by atoms with E-state index in [1.807, 2.05) is 36.4 Å². The number of halogens is 2. The van der Waals surface area contributed by atoms with Crippen LogP contribution >= 0.6 is 23.2 Å². The Balaban J connectivity index is 2.23. The molecule has 2 aromatic rings. The van der Waals surface area contributed by atoms with Gasteiger partial charge in [-0.1, -0.05) is 17.7 Å². The van der Waals surface area contributed by atoms with Gasteiger partial charge in [-0.05, 0) is 30.3 Å². The molecule has 0 atom stereocenters. The zero-order chi connectivity index (χ0) is 11.4. The molecule has 0 fully saturated rings. The summed E-state index contributed by atoms with van der Waals surface area (Å²) in [6.45, 7) is 0.